The van der Waals surface area contributed by atoms with Crippen molar-refractivity contribution in [3.05, 3.63) is 0 Å². The molecule has 0 radical (unpaired) electrons. The minimum atomic E-state index is -0.828. The average molecular weight is 243 g/mol. The average Bonchev–Trinajstić information content (AvgIpc) is 2.76. The molecule has 2 N–H and O–H groups in total. The molecule has 1 aliphatic heterocycles. The topological polar surface area (TPSA) is 75.6 Å². The van der Waals surface area contributed by atoms with Gasteiger partial charge in [0.05, 0.1) is 6.10 Å². The Kier molecular flexibility index (Phi) is 5.97. The highest BCUT2D eigenvalue weighted by atomic mass is 16.5. The highest BCUT2D eigenvalue weighted by Crippen LogP contribution is 2.16. The van der Waals surface area contributed by atoms with E-state index in [2.05, 4.69) is 5.32 Å². The second-order valence-electron chi connectivity index (χ2n) is 4.57. The number of carbonyl (C=O) groups excluding carboxylic acids is 1. The number of carbonyl (C=O) groups is 2. The SMILES string of the molecule is CC(CCC(=O)O)NC(=O)CCC1CCCO1. The molecule has 0 aromatic rings. The number of ether oxygens (including phenoxy) is 1. The molecule has 1 heterocycles. The van der Waals surface area contributed by atoms with Crippen molar-refractivity contribution in [1.82, 2.24) is 5.32 Å². The molecule has 0 aliphatic carbocycles. The molecule has 1 fully saturated rings. The van der Waals surface area contributed by atoms with Gasteiger partial charge in [0, 0.05) is 25.5 Å². The Morgan fingerprint density at radius 2 is 2.24 bits per heavy atom. The number of hydrogen-bond donors (Lipinski definition) is 2. The van der Waals surface area contributed by atoms with Gasteiger partial charge in [0.1, 0.15) is 0 Å². The summed E-state index contributed by atoms with van der Waals surface area (Å²) in [5.41, 5.74) is 0. The summed E-state index contributed by atoms with van der Waals surface area (Å²) < 4.78 is 5.43. The zero-order valence-corrected chi connectivity index (χ0v) is 10.3. The van der Waals surface area contributed by atoms with Gasteiger partial charge in [-0.2, -0.15) is 0 Å². The van der Waals surface area contributed by atoms with Gasteiger partial charge in [-0.1, -0.05) is 0 Å². The van der Waals surface area contributed by atoms with Gasteiger partial charge in [-0.25, -0.2) is 0 Å². The normalized spacial score (nSPS) is 21.1. The molecule has 2 atom stereocenters. The molecule has 1 aliphatic rings. The van der Waals surface area contributed by atoms with Gasteiger partial charge in [0.25, 0.3) is 0 Å². The number of aliphatic carboxylic acids is 1. The molecule has 5 heteroatoms. The van der Waals surface area contributed by atoms with Crippen LogP contribution in [0.15, 0.2) is 0 Å². The van der Waals surface area contributed by atoms with Crippen LogP contribution in [0.25, 0.3) is 0 Å². The van der Waals surface area contributed by atoms with Crippen LogP contribution in [-0.4, -0.2) is 35.7 Å². The van der Waals surface area contributed by atoms with E-state index in [1.165, 1.54) is 0 Å². The monoisotopic (exact) mass is 243 g/mol. The van der Waals surface area contributed by atoms with Crippen LogP contribution < -0.4 is 5.32 Å². The van der Waals surface area contributed by atoms with E-state index in [1.807, 2.05) is 6.92 Å². The van der Waals surface area contributed by atoms with Crippen LogP contribution in [0.2, 0.25) is 0 Å². The first-order valence-electron chi connectivity index (χ1n) is 6.20. The second-order valence-corrected chi connectivity index (χ2v) is 4.57. The van der Waals surface area contributed by atoms with Crippen molar-refractivity contribution in [3.63, 3.8) is 0 Å². The van der Waals surface area contributed by atoms with Crippen LogP contribution in [0.3, 0.4) is 0 Å². The minimum Gasteiger partial charge on any atom is -0.481 e. The van der Waals surface area contributed by atoms with Crippen molar-refractivity contribution in [1.29, 1.82) is 0 Å². The Hall–Kier alpha value is -1.10. The van der Waals surface area contributed by atoms with Crippen LogP contribution >= 0.6 is 0 Å². The van der Waals surface area contributed by atoms with Gasteiger partial charge >= 0.3 is 5.97 Å². The molecule has 98 valence electrons. The first-order valence-corrected chi connectivity index (χ1v) is 6.20. The summed E-state index contributed by atoms with van der Waals surface area (Å²) in [5.74, 6) is -0.844. The lowest BCUT2D eigenvalue weighted by Gasteiger charge is -2.14. The van der Waals surface area contributed by atoms with E-state index >= 15 is 0 Å². The summed E-state index contributed by atoms with van der Waals surface area (Å²) in [4.78, 5) is 21.9. The van der Waals surface area contributed by atoms with Gasteiger partial charge < -0.3 is 15.2 Å². The fourth-order valence-electron chi connectivity index (χ4n) is 1.92. The molecule has 1 saturated heterocycles. The molecule has 5 nitrogen and oxygen atoms in total. The molecule has 1 rings (SSSR count). The van der Waals surface area contributed by atoms with Crippen molar-refractivity contribution in [2.45, 2.75) is 57.6 Å². The highest BCUT2D eigenvalue weighted by Gasteiger charge is 2.17. The van der Waals surface area contributed by atoms with E-state index in [-0.39, 0.29) is 24.5 Å². The molecule has 0 aromatic heterocycles. The molecule has 0 saturated carbocycles. The zero-order valence-electron chi connectivity index (χ0n) is 10.3. The van der Waals surface area contributed by atoms with E-state index in [9.17, 15) is 9.59 Å². The first-order chi connectivity index (χ1) is 8.08. The van der Waals surface area contributed by atoms with E-state index < -0.39 is 5.97 Å². The number of nitrogens with one attached hydrogen (secondary N) is 1. The maximum atomic E-state index is 11.5. The third kappa shape index (κ3) is 6.26. The Morgan fingerprint density at radius 3 is 2.82 bits per heavy atom. The smallest absolute Gasteiger partial charge is 0.303 e. The number of hydrogen-bond acceptors (Lipinski definition) is 3. The Labute approximate surface area is 102 Å². The minimum absolute atomic E-state index is 0.0154. The Balaban J connectivity index is 2.08. The van der Waals surface area contributed by atoms with Crippen LogP contribution in [0.1, 0.15) is 45.4 Å². The molecule has 1 amide bonds. The molecular formula is C12H21NO4. The summed E-state index contributed by atoms with van der Waals surface area (Å²) in [6, 6.07) is -0.0805. The van der Waals surface area contributed by atoms with E-state index in [0.29, 0.717) is 12.8 Å². The van der Waals surface area contributed by atoms with Crippen molar-refractivity contribution in [2.24, 2.45) is 0 Å². The summed E-state index contributed by atoms with van der Waals surface area (Å²) in [7, 11) is 0. The predicted octanol–water partition coefficient (Wildman–Crippen LogP) is 1.32. The molecule has 0 spiro atoms. The predicted molar refractivity (Wildman–Crippen MR) is 62.7 cm³/mol. The third-order valence-corrected chi connectivity index (χ3v) is 2.92. The summed E-state index contributed by atoms with van der Waals surface area (Å²) >= 11 is 0. The highest BCUT2D eigenvalue weighted by molar-refractivity contribution is 5.76. The van der Waals surface area contributed by atoms with Crippen molar-refractivity contribution in [3.8, 4) is 0 Å². The lowest BCUT2D eigenvalue weighted by Crippen LogP contribution is -2.33. The number of rotatable bonds is 7. The standard InChI is InChI=1S/C12H21NO4/c1-9(4-7-12(15)16)13-11(14)6-5-10-3-2-8-17-10/h9-10H,2-8H2,1H3,(H,13,14)(H,15,16). The molecule has 2 unspecified atom stereocenters. The van der Waals surface area contributed by atoms with Crippen LogP contribution in [0, 0.1) is 0 Å². The second kappa shape index (κ2) is 7.27. The first kappa shape index (κ1) is 14.0. The summed E-state index contributed by atoms with van der Waals surface area (Å²) in [5, 5.41) is 11.3. The van der Waals surface area contributed by atoms with Crippen LogP contribution in [0.5, 0.6) is 0 Å². The van der Waals surface area contributed by atoms with Gasteiger partial charge in [0.2, 0.25) is 5.91 Å². The van der Waals surface area contributed by atoms with Gasteiger partial charge in [-0.3, -0.25) is 9.59 Å². The van der Waals surface area contributed by atoms with Crippen molar-refractivity contribution >= 4 is 11.9 Å². The maximum Gasteiger partial charge on any atom is 0.303 e. The number of amides is 1. The quantitative estimate of drug-likeness (QED) is 0.707. The van der Waals surface area contributed by atoms with Crippen molar-refractivity contribution < 1.29 is 19.4 Å². The summed E-state index contributed by atoms with van der Waals surface area (Å²) in [6.07, 6.45) is 4.15. The number of carboxylic acid groups (broad SMARTS) is 1. The van der Waals surface area contributed by atoms with Crippen LogP contribution in [-0.2, 0) is 14.3 Å². The maximum absolute atomic E-state index is 11.5. The van der Waals surface area contributed by atoms with E-state index in [1.54, 1.807) is 0 Å². The fraction of sp³-hybridized carbons (Fsp3) is 0.833. The van der Waals surface area contributed by atoms with E-state index in [4.69, 9.17) is 9.84 Å². The van der Waals surface area contributed by atoms with Crippen molar-refractivity contribution in [2.75, 3.05) is 6.61 Å². The van der Waals surface area contributed by atoms with Crippen LogP contribution in [0.4, 0.5) is 0 Å². The van der Waals surface area contributed by atoms with E-state index in [0.717, 1.165) is 25.9 Å². The molecule has 0 bridgehead atoms. The molecule has 17 heavy (non-hydrogen) atoms. The lowest BCUT2D eigenvalue weighted by atomic mass is 10.1. The lowest BCUT2D eigenvalue weighted by molar-refractivity contribution is -0.137. The fourth-order valence-corrected chi connectivity index (χ4v) is 1.92. The zero-order chi connectivity index (χ0) is 12.7. The summed E-state index contributed by atoms with van der Waals surface area (Å²) in [6.45, 7) is 2.63. The number of carboxylic acids is 1. The molecule has 0 aromatic carbocycles. The Morgan fingerprint density at radius 1 is 1.47 bits per heavy atom. The Bertz CT molecular complexity index is 261. The largest absolute Gasteiger partial charge is 0.481 e. The van der Waals surface area contributed by atoms with Gasteiger partial charge in [-0.15, -0.1) is 0 Å². The van der Waals surface area contributed by atoms with Gasteiger partial charge in [0.15, 0.2) is 0 Å². The van der Waals surface area contributed by atoms with Gasteiger partial charge in [-0.05, 0) is 32.6 Å². The third-order valence-electron chi connectivity index (χ3n) is 2.92. The molecular weight excluding hydrogens is 222 g/mol.